The van der Waals surface area contributed by atoms with Crippen LogP contribution in [0.3, 0.4) is 0 Å². The van der Waals surface area contributed by atoms with Crippen molar-refractivity contribution in [3.63, 3.8) is 0 Å². The average Bonchev–Trinajstić information content (AvgIpc) is 2.65. The lowest BCUT2D eigenvalue weighted by atomic mass is 10.2. The van der Waals surface area contributed by atoms with E-state index in [2.05, 4.69) is 4.74 Å². The molecule has 26 heavy (non-hydrogen) atoms. The maximum absolute atomic E-state index is 12.4. The van der Waals surface area contributed by atoms with Gasteiger partial charge in [0.25, 0.3) is 15.9 Å². The van der Waals surface area contributed by atoms with E-state index in [1.165, 1.54) is 37.5 Å². The van der Waals surface area contributed by atoms with Crippen LogP contribution in [0.25, 0.3) is 6.08 Å². The van der Waals surface area contributed by atoms with Crippen molar-refractivity contribution < 1.29 is 27.5 Å². The molecule has 1 N–H and O–H groups in total. The molecule has 0 heterocycles. The second-order valence-corrected chi connectivity index (χ2v) is 6.68. The second-order valence-electron chi connectivity index (χ2n) is 5.03. The number of para-hydroxylation sites is 1. The van der Waals surface area contributed by atoms with E-state index in [0.29, 0.717) is 11.3 Å². The minimum Gasteiger partial charge on any atom is -0.496 e. The van der Waals surface area contributed by atoms with Gasteiger partial charge in [0.05, 0.1) is 19.8 Å². The summed E-state index contributed by atoms with van der Waals surface area (Å²) in [5.41, 5.74) is 0.446. The van der Waals surface area contributed by atoms with E-state index in [4.69, 9.17) is 4.74 Å². The smallest absolute Gasteiger partial charge is 0.339 e. The first-order valence-electron chi connectivity index (χ1n) is 7.44. The third kappa shape index (κ3) is 4.48. The Labute approximate surface area is 151 Å². The number of carbonyl (C=O) groups is 2. The number of benzene rings is 2. The molecule has 136 valence electrons. The first kappa shape index (κ1) is 19.2. The van der Waals surface area contributed by atoms with Crippen LogP contribution in [0.5, 0.6) is 5.75 Å². The molecule has 8 heteroatoms. The molecule has 0 aliphatic carbocycles. The van der Waals surface area contributed by atoms with Gasteiger partial charge < -0.3 is 9.47 Å². The van der Waals surface area contributed by atoms with Gasteiger partial charge in [-0.15, -0.1) is 0 Å². The molecule has 0 bridgehead atoms. The van der Waals surface area contributed by atoms with Crippen LogP contribution in [0.15, 0.2) is 59.5 Å². The van der Waals surface area contributed by atoms with E-state index in [-0.39, 0.29) is 10.5 Å². The number of ether oxygens (including phenoxy) is 2. The molecule has 0 aromatic heterocycles. The molecule has 0 radical (unpaired) electrons. The molecule has 2 aromatic carbocycles. The van der Waals surface area contributed by atoms with Crippen LogP contribution in [0.2, 0.25) is 0 Å². The predicted octanol–water partition coefficient (Wildman–Crippen LogP) is 2.00. The zero-order chi connectivity index (χ0) is 19.2. The van der Waals surface area contributed by atoms with Gasteiger partial charge in [0.15, 0.2) is 0 Å². The Morgan fingerprint density at radius 1 is 1.00 bits per heavy atom. The summed E-state index contributed by atoms with van der Waals surface area (Å²) in [6.07, 6.45) is 2.49. The molecular weight excluding hydrogens is 358 g/mol. The number of sulfonamides is 1. The SMILES string of the molecule is COC(=O)c1ccccc1S(=O)(=O)NC(=O)C=Cc1ccccc1OC. The Hall–Kier alpha value is -3.13. The van der Waals surface area contributed by atoms with Crippen molar-refractivity contribution >= 4 is 28.0 Å². The first-order valence-corrected chi connectivity index (χ1v) is 8.92. The molecule has 0 saturated heterocycles. The lowest BCUT2D eigenvalue weighted by Crippen LogP contribution is -2.30. The summed E-state index contributed by atoms with van der Waals surface area (Å²) in [4.78, 5) is 23.4. The lowest BCUT2D eigenvalue weighted by molar-refractivity contribution is -0.114. The largest absolute Gasteiger partial charge is 0.496 e. The number of carbonyl (C=O) groups excluding carboxylic acids is 2. The molecule has 1 amide bonds. The third-order valence-corrected chi connectivity index (χ3v) is 4.77. The van der Waals surface area contributed by atoms with Crippen LogP contribution in [0.1, 0.15) is 15.9 Å². The van der Waals surface area contributed by atoms with Gasteiger partial charge in [0, 0.05) is 11.6 Å². The maximum Gasteiger partial charge on any atom is 0.339 e. The van der Waals surface area contributed by atoms with Crippen molar-refractivity contribution in [2.45, 2.75) is 4.90 Å². The van der Waals surface area contributed by atoms with E-state index >= 15 is 0 Å². The summed E-state index contributed by atoms with van der Waals surface area (Å²) in [6.45, 7) is 0. The fraction of sp³-hybridized carbons (Fsp3) is 0.111. The molecule has 0 aliphatic heterocycles. The van der Waals surface area contributed by atoms with Gasteiger partial charge in [0.2, 0.25) is 0 Å². The number of hydrogen-bond acceptors (Lipinski definition) is 6. The Morgan fingerprint density at radius 3 is 2.35 bits per heavy atom. The highest BCUT2D eigenvalue weighted by atomic mass is 32.2. The normalized spacial score (nSPS) is 11.2. The summed E-state index contributed by atoms with van der Waals surface area (Å²) < 4.78 is 36.5. The molecule has 0 spiro atoms. The van der Waals surface area contributed by atoms with Gasteiger partial charge in [0.1, 0.15) is 10.6 Å². The average molecular weight is 375 g/mol. The zero-order valence-corrected chi connectivity index (χ0v) is 14.9. The summed E-state index contributed by atoms with van der Waals surface area (Å²) in [6, 6.07) is 12.4. The van der Waals surface area contributed by atoms with Crippen LogP contribution >= 0.6 is 0 Å². The summed E-state index contributed by atoms with van der Waals surface area (Å²) in [7, 11) is -1.62. The first-order chi connectivity index (χ1) is 12.4. The van der Waals surface area contributed by atoms with Crippen LogP contribution in [-0.4, -0.2) is 34.5 Å². The fourth-order valence-electron chi connectivity index (χ4n) is 2.17. The van der Waals surface area contributed by atoms with Crippen LogP contribution in [-0.2, 0) is 19.6 Å². The van der Waals surface area contributed by atoms with Gasteiger partial charge in [-0.2, -0.15) is 0 Å². The zero-order valence-electron chi connectivity index (χ0n) is 14.1. The number of esters is 1. The van der Waals surface area contributed by atoms with Crippen LogP contribution in [0, 0.1) is 0 Å². The molecule has 0 unspecified atom stereocenters. The van der Waals surface area contributed by atoms with Gasteiger partial charge in [-0.3, -0.25) is 4.79 Å². The number of methoxy groups -OCH3 is 2. The predicted molar refractivity (Wildman–Crippen MR) is 95.1 cm³/mol. The standard InChI is InChI=1S/C18H17NO6S/c1-24-15-9-5-3-7-13(15)11-12-17(20)19-26(22,23)16-10-6-4-8-14(16)18(21)25-2/h3-12H,1-2H3,(H,19,20). The quantitative estimate of drug-likeness (QED) is 0.612. The summed E-state index contributed by atoms with van der Waals surface area (Å²) >= 11 is 0. The Morgan fingerprint density at radius 2 is 1.65 bits per heavy atom. The minimum absolute atomic E-state index is 0.163. The van der Waals surface area contributed by atoms with E-state index < -0.39 is 21.9 Å². The monoisotopic (exact) mass is 375 g/mol. The van der Waals surface area contributed by atoms with Crippen LogP contribution < -0.4 is 9.46 Å². The third-order valence-electron chi connectivity index (χ3n) is 3.37. The van der Waals surface area contributed by atoms with Crippen molar-refractivity contribution in [1.29, 1.82) is 0 Å². The summed E-state index contributed by atoms with van der Waals surface area (Å²) in [5.74, 6) is -1.14. The topological polar surface area (TPSA) is 98.8 Å². The number of rotatable bonds is 6. The molecule has 2 rings (SSSR count). The highest BCUT2D eigenvalue weighted by Gasteiger charge is 2.23. The minimum atomic E-state index is -4.25. The molecule has 0 aliphatic rings. The Balaban J connectivity index is 2.23. The fourth-order valence-corrected chi connectivity index (χ4v) is 3.31. The Bertz CT molecular complexity index is 950. The lowest BCUT2D eigenvalue weighted by Gasteiger charge is -2.09. The molecule has 0 fully saturated rings. The van der Waals surface area contributed by atoms with E-state index in [1.807, 2.05) is 4.72 Å². The number of amides is 1. The van der Waals surface area contributed by atoms with Gasteiger partial charge >= 0.3 is 5.97 Å². The number of nitrogens with one attached hydrogen (secondary N) is 1. The van der Waals surface area contributed by atoms with Gasteiger partial charge in [-0.05, 0) is 24.3 Å². The van der Waals surface area contributed by atoms with E-state index in [0.717, 1.165) is 13.2 Å². The maximum atomic E-state index is 12.4. The number of hydrogen-bond donors (Lipinski definition) is 1. The van der Waals surface area contributed by atoms with Crippen molar-refractivity contribution in [2.75, 3.05) is 14.2 Å². The van der Waals surface area contributed by atoms with Gasteiger partial charge in [-0.25, -0.2) is 17.9 Å². The summed E-state index contributed by atoms with van der Waals surface area (Å²) in [5, 5.41) is 0. The molecule has 2 aromatic rings. The van der Waals surface area contributed by atoms with Crippen molar-refractivity contribution in [2.24, 2.45) is 0 Å². The molecule has 0 saturated carbocycles. The van der Waals surface area contributed by atoms with Crippen molar-refractivity contribution in [3.8, 4) is 5.75 Å². The van der Waals surface area contributed by atoms with Crippen molar-refractivity contribution in [3.05, 3.63) is 65.7 Å². The highest BCUT2D eigenvalue weighted by Crippen LogP contribution is 2.19. The molecular formula is C18H17NO6S. The van der Waals surface area contributed by atoms with E-state index in [1.54, 1.807) is 24.3 Å². The Kier molecular flexibility index (Phi) is 6.13. The second kappa shape index (κ2) is 8.30. The molecule has 0 atom stereocenters. The van der Waals surface area contributed by atoms with E-state index in [9.17, 15) is 18.0 Å². The van der Waals surface area contributed by atoms with Gasteiger partial charge in [-0.1, -0.05) is 30.3 Å². The van der Waals surface area contributed by atoms with Crippen molar-refractivity contribution in [1.82, 2.24) is 4.72 Å². The van der Waals surface area contributed by atoms with Crippen LogP contribution in [0.4, 0.5) is 0 Å². The molecule has 7 nitrogen and oxygen atoms in total. The highest BCUT2D eigenvalue weighted by molar-refractivity contribution is 7.90.